The van der Waals surface area contributed by atoms with Crippen LogP contribution < -0.4 is 20.4 Å². The molecule has 57 heavy (non-hydrogen) atoms. The molecule has 7 heterocycles. The minimum Gasteiger partial charge on any atom is -0.507 e. The summed E-state index contributed by atoms with van der Waals surface area (Å²) in [7, 11) is 0. The van der Waals surface area contributed by atoms with Crippen LogP contribution >= 0.6 is 0 Å². The van der Waals surface area contributed by atoms with Gasteiger partial charge >= 0.3 is 0 Å². The number of imide groups is 2. The Bertz CT molecular complexity index is 2040. The average molecular weight is 776 g/mol. The van der Waals surface area contributed by atoms with Crippen molar-refractivity contribution < 1.29 is 24.3 Å². The number of hydrogen-bond acceptors (Lipinski definition) is 12. The lowest BCUT2D eigenvalue weighted by Crippen LogP contribution is -2.58. The number of piperazine rings is 1. The lowest BCUT2D eigenvalue weighted by Gasteiger charge is -2.46. The number of anilines is 3. The second kappa shape index (κ2) is 15.7. The second-order valence-corrected chi connectivity index (χ2v) is 16.9. The number of aromatic hydroxyl groups is 1. The van der Waals surface area contributed by atoms with E-state index in [0.717, 1.165) is 99.8 Å². The molecule has 0 spiro atoms. The van der Waals surface area contributed by atoms with Gasteiger partial charge in [0.05, 0.1) is 28.6 Å². The maximum atomic E-state index is 13.4. The summed E-state index contributed by atoms with van der Waals surface area (Å²) in [6, 6.07) is 14.8. The number of aromatic nitrogens is 2. The largest absolute Gasteiger partial charge is 0.507 e. The molecule has 2 unspecified atom stereocenters. The molecule has 3 atom stereocenters. The highest BCUT2D eigenvalue weighted by Gasteiger charge is 2.45. The summed E-state index contributed by atoms with van der Waals surface area (Å²) < 4.78 is 0. The number of phenols is 1. The molecule has 4 amide bonds. The van der Waals surface area contributed by atoms with Gasteiger partial charge in [0.15, 0.2) is 5.82 Å². The first kappa shape index (κ1) is 37.5. The number of amides is 4. The van der Waals surface area contributed by atoms with Crippen molar-refractivity contribution in [1.82, 2.24) is 30.2 Å². The van der Waals surface area contributed by atoms with Crippen LogP contribution in [0.15, 0.2) is 48.5 Å². The van der Waals surface area contributed by atoms with Crippen LogP contribution in [0.4, 0.5) is 17.2 Å². The number of nitrogens with one attached hydrogen (secondary N) is 2. The molecule has 14 heteroatoms. The van der Waals surface area contributed by atoms with Gasteiger partial charge < -0.3 is 25.1 Å². The smallest absolute Gasteiger partial charge is 0.262 e. The molecule has 6 aliphatic heterocycles. The van der Waals surface area contributed by atoms with Crippen LogP contribution in [0.25, 0.3) is 11.3 Å². The molecule has 14 nitrogen and oxygen atoms in total. The van der Waals surface area contributed by atoms with E-state index in [4.69, 9.17) is 0 Å². The molecule has 0 saturated carbocycles. The fourth-order valence-corrected chi connectivity index (χ4v) is 10.2. The van der Waals surface area contributed by atoms with Gasteiger partial charge in [0, 0.05) is 63.0 Å². The van der Waals surface area contributed by atoms with Crippen molar-refractivity contribution in [2.24, 2.45) is 11.8 Å². The number of phenolic OH excluding ortho intramolecular Hbond substituents is 1. The van der Waals surface area contributed by atoms with Crippen LogP contribution in [0.3, 0.4) is 0 Å². The number of benzene rings is 2. The Balaban J connectivity index is 0.707. The summed E-state index contributed by atoms with van der Waals surface area (Å²) in [5.74, 6) is 0.549. The number of carbonyl (C=O) groups excluding carboxylic acids is 4. The van der Waals surface area contributed by atoms with E-state index in [1.54, 1.807) is 12.1 Å². The van der Waals surface area contributed by atoms with E-state index in [-0.39, 0.29) is 24.5 Å². The van der Waals surface area contributed by atoms with Crippen LogP contribution in [-0.2, 0) is 9.59 Å². The minimum absolute atomic E-state index is 0.109. The Kier molecular flexibility index (Phi) is 10.3. The van der Waals surface area contributed by atoms with Gasteiger partial charge in [0.25, 0.3) is 11.8 Å². The van der Waals surface area contributed by atoms with Crippen molar-refractivity contribution in [3.8, 4) is 17.0 Å². The SMILES string of the molecule is CC(C1CCN(c2ccc3c(c2)C(=O)N(C2CCC(=O)NC2=O)C3=O)CC1)N1CCC(CCCN2CCN3c4cc(-c5ccccc5O)nnc4NC[C@H]3C2)CC1. The third-order valence-electron chi connectivity index (χ3n) is 13.7. The van der Waals surface area contributed by atoms with E-state index in [9.17, 15) is 24.3 Å². The van der Waals surface area contributed by atoms with Gasteiger partial charge in [-0.25, -0.2) is 0 Å². The molecule has 1 aromatic heterocycles. The topological polar surface area (TPSA) is 155 Å². The number of fused-ring (bicyclic) bond motifs is 4. The number of para-hydroxylation sites is 1. The molecule has 300 valence electrons. The Labute approximate surface area is 333 Å². The molecule has 3 aromatic rings. The van der Waals surface area contributed by atoms with E-state index in [1.165, 1.54) is 25.7 Å². The van der Waals surface area contributed by atoms with E-state index in [1.807, 2.05) is 30.3 Å². The van der Waals surface area contributed by atoms with Crippen LogP contribution in [-0.4, -0.2) is 131 Å². The lowest BCUT2D eigenvalue weighted by molar-refractivity contribution is -0.136. The summed E-state index contributed by atoms with van der Waals surface area (Å²) in [4.78, 5) is 61.8. The highest BCUT2D eigenvalue weighted by molar-refractivity contribution is 6.23. The molecule has 3 N–H and O–H groups in total. The molecule has 4 saturated heterocycles. The second-order valence-electron chi connectivity index (χ2n) is 16.9. The summed E-state index contributed by atoms with van der Waals surface area (Å²) in [6.07, 6.45) is 7.46. The van der Waals surface area contributed by atoms with E-state index >= 15 is 0 Å². The fourth-order valence-electron chi connectivity index (χ4n) is 10.2. The first-order valence-electron chi connectivity index (χ1n) is 21.0. The van der Waals surface area contributed by atoms with E-state index < -0.39 is 23.8 Å². The van der Waals surface area contributed by atoms with Crippen LogP contribution in [0.2, 0.25) is 0 Å². The fraction of sp³-hybridized carbons (Fsp3) is 0.535. The standard InChI is InChI=1S/C43H53N9O5/c1-27(29-14-19-50(20-15-29)30-8-9-32-34(23-30)43(57)52(42(32)56)36-10-11-39(54)45-41(36)55)49-17-12-28(13-18-49)5-4-16-48-21-22-51-31(26-48)25-44-40-37(51)24-35(46-47-40)33-6-2-3-7-38(33)53/h2-3,6-9,23-24,27-29,31,36,53H,4-5,10-22,25-26H2,1H3,(H,44,47)(H,45,54,55)/t27?,31-,36?/m0/s1. The molecular weight excluding hydrogens is 723 g/mol. The predicted molar refractivity (Wildman–Crippen MR) is 216 cm³/mol. The molecule has 0 bridgehead atoms. The minimum atomic E-state index is -0.952. The highest BCUT2D eigenvalue weighted by atomic mass is 16.3. The normalized spacial score (nSPS) is 24.2. The van der Waals surface area contributed by atoms with Gasteiger partial charge in [-0.3, -0.25) is 34.3 Å². The van der Waals surface area contributed by atoms with E-state index in [2.05, 4.69) is 53.4 Å². The van der Waals surface area contributed by atoms with Crippen LogP contribution in [0.1, 0.15) is 79.0 Å². The van der Waals surface area contributed by atoms with Gasteiger partial charge in [-0.15, -0.1) is 10.2 Å². The van der Waals surface area contributed by atoms with E-state index in [0.29, 0.717) is 40.4 Å². The maximum Gasteiger partial charge on any atom is 0.262 e. The Hall–Kier alpha value is -5.08. The predicted octanol–water partition coefficient (Wildman–Crippen LogP) is 3.96. The first-order chi connectivity index (χ1) is 27.7. The van der Waals surface area contributed by atoms with Gasteiger partial charge in [0.1, 0.15) is 11.8 Å². The third-order valence-corrected chi connectivity index (χ3v) is 13.7. The van der Waals surface area contributed by atoms with Crippen molar-refractivity contribution in [1.29, 1.82) is 0 Å². The number of piperidine rings is 3. The van der Waals surface area contributed by atoms with Crippen molar-refractivity contribution in [2.75, 3.05) is 74.0 Å². The summed E-state index contributed by atoms with van der Waals surface area (Å²) >= 11 is 0. The number of nitrogens with zero attached hydrogens (tertiary/aromatic N) is 7. The quantitative estimate of drug-likeness (QED) is 0.270. The Morgan fingerprint density at radius 2 is 1.63 bits per heavy atom. The zero-order valence-electron chi connectivity index (χ0n) is 32.7. The van der Waals surface area contributed by atoms with Crippen molar-refractivity contribution >= 4 is 40.8 Å². The number of likely N-dealkylation sites (tertiary alicyclic amines) is 1. The first-order valence-corrected chi connectivity index (χ1v) is 21.0. The zero-order chi connectivity index (χ0) is 39.2. The van der Waals surface area contributed by atoms with Gasteiger partial charge in [-0.2, -0.15) is 0 Å². The number of rotatable bonds is 9. The molecule has 6 aliphatic rings. The Morgan fingerprint density at radius 3 is 2.42 bits per heavy atom. The summed E-state index contributed by atoms with van der Waals surface area (Å²) in [5.41, 5.74) is 4.06. The molecular formula is C43H53N9O5. The molecule has 0 radical (unpaired) electrons. The number of carbonyl (C=O) groups is 4. The van der Waals surface area contributed by atoms with Gasteiger partial charge in [0.2, 0.25) is 11.8 Å². The van der Waals surface area contributed by atoms with Gasteiger partial charge in [-0.1, -0.05) is 12.1 Å². The monoisotopic (exact) mass is 775 g/mol. The molecule has 4 fully saturated rings. The summed E-state index contributed by atoms with van der Waals surface area (Å²) in [6.45, 7) is 11.5. The van der Waals surface area contributed by atoms with Crippen molar-refractivity contribution in [3.63, 3.8) is 0 Å². The average Bonchev–Trinajstić information content (AvgIpc) is 3.48. The summed E-state index contributed by atoms with van der Waals surface area (Å²) in [5, 5.41) is 25.0. The van der Waals surface area contributed by atoms with Crippen molar-refractivity contribution in [3.05, 3.63) is 59.7 Å². The zero-order valence-corrected chi connectivity index (χ0v) is 32.7. The molecule has 2 aromatic carbocycles. The highest BCUT2D eigenvalue weighted by Crippen LogP contribution is 2.37. The van der Waals surface area contributed by atoms with Crippen LogP contribution in [0, 0.1) is 11.8 Å². The van der Waals surface area contributed by atoms with Crippen molar-refractivity contribution in [2.45, 2.75) is 76.4 Å². The maximum absolute atomic E-state index is 13.4. The molecule has 9 rings (SSSR count). The molecule has 0 aliphatic carbocycles. The Morgan fingerprint density at radius 1 is 0.842 bits per heavy atom. The van der Waals surface area contributed by atoms with Crippen LogP contribution in [0.5, 0.6) is 5.75 Å². The third kappa shape index (κ3) is 7.33. The lowest BCUT2D eigenvalue weighted by atomic mass is 9.86. The van der Waals surface area contributed by atoms with Gasteiger partial charge in [-0.05, 0) is 120 Å². The number of hydrogen-bond donors (Lipinski definition) is 3.